The zero-order valence-corrected chi connectivity index (χ0v) is 12.1. The fourth-order valence-electron chi connectivity index (χ4n) is 1.93. The molecule has 0 aliphatic carbocycles. The molecular weight excluding hydrogens is 268 g/mol. The smallest absolute Gasteiger partial charge is 0.253 e. The highest BCUT2D eigenvalue weighted by molar-refractivity contribution is 5.99. The lowest BCUT2D eigenvalue weighted by Crippen LogP contribution is -2.23. The first-order valence-electron chi connectivity index (χ1n) is 6.48. The molecule has 2 rings (SSSR count). The molecule has 0 bridgehead atoms. The lowest BCUT2D eigenvalue weighted by atomic mass is 10.1. The maximum Gasteiger partial charge on any atom is 0.253 e. The lowest BCUT2D eigenvalue weighted by Gasteiger charge is -2.09. The van der Waals surface area contributed by atoms with Crippen molar-refractivity contribution in [3.05, 3.63) is 53.6 Å². The van der Waals surface area contributed by atoms with Crippen LogP contribution in [0.25, 0.3) is 0 Å². The number of methoxy groups -OCH3 is 2. The highest BCUT2D eigenvalue weighted by atomic mass is 16.5. The summed E-state index contributed by atoms with van der Waals surface area (Å²) >= 11 is 0. The Morgan fingerprint density at radius 2 is 1.81 bits per heavy atom. The highest BCUT2D eigenvalue weighted by Crippen LogP contribution is 2.19. The SMILES string of the molecule is COc1cccc(CNC(=O)c2ccc(OC)cc2N)c1. The van der Waals surface area contributed by atoms with Gasteiger partial charge >= 0.3 is 0 Å². The number of hydrogen-bond acceptors (Lipinski definition) is 4. The number of anilines is 1. The van der Waals surface area contributed by atoms with Gasteiger partial charge < -0.3 is 20.5 Å². The molecule has 0 unspecified atom stereocenters. The van der Waals surface area contributed by atoms with E-state index in [0.717, 1.165) is 11.3 Å². The van der Waals surface area contributed by atoms with Crippen molar-refractivity contribution < 1.29 is 14.3 Å². The van der Waals surface area contributed by atoms with E-state index in [9.17, 15) is 4.79 Å². The van der Waals surface area contributed by atoms with Gasteiger partial charge in [0.15, 0.2) is 0 Å². The van der Waals surface area contributed by atoms with E-state index in [0.29, 0.717) is 23.5 Å². The van der Waals surface area contributed by atoms with Crippen LogP contribution in [-0.2, 0) is 6.54 Å². The Balaban J connectivity index is 2.04. The van der Waals surface area contributed by atoms with Crippen LogP contribution >= 0.6 is 0 Å². The van der Waals surface area contributed by atoms with Crippen LogP contribution in [0.5, 0.6) is 11.5 Å². The van der Waals surface area contributed by atoms with Crippen molar-refractivity contribution in [1.82, 2.24) is 5.32 Å². The Bertz CT molecular complexity index is 641. The van der Waals surface area contributed by atoms with E-state index in [1.807, 2.05) is 24.3 Å². The summed E-state index contributed by atoms with van der Waals surface area (Å²) in [4.78, 5) is 12.1. The molecule has 3 N–H and O–H groups in total. The third-order valence-electron chi connectivity index (χ3n) is 3.09. The molecule has 2 aromatic carbocycles. The predicted octanol–water partition coefficient (Wildman–Crippen LogP) is 2.22. The molecule has 0 aromatic heterocycles. The van der Waals surface area contributed by atoms with Gasteiger partial charge in [-0.2, -0.15) is 0 Å². The van der Waals surface area contributed by atoms with E-state index >= 15 is 0 Å². The molecule has 0 saturated heterocycles. The molecule has 1 amide bonds. The summed E-state index contributed by atoms with van der Waals surface area (Å²) in [6.45, 7) is 0.404. The van der Waals surface area contributed by atoms with Gasteiger partial charge in [0.2, 0.25) is 0 Å². The van der Waals surface area contributed by atoms with E-state index in [1.54, 1.807) is 32.4 Å². The summed E-state index contributed by atoms with van der Waals surface area (Å²) in [6, 6.07) is 12.5. The summed E-state index contributed by atoms with van der Waals surface area (Å²) in [7, 11) is 3.16. The van der Waals surface area contributed by atoms with Crippen molar-refractivity contribution in [3.8, 4) is 11.5 Å². The number of nitrogens with two attached hydrogens (primary N) is 1. The standard InChI is InChI=1S/C16H18N2O3/c1-20-12-5-3-4-11(8-12)10-18-16(19)14-7-6-13(21-2)9-15(14)17/h3-9H,10,17H2,1-2H3,(H,18,19). The number of carbonyl (C=O) groups is 1. The van der Waals surface area contributed by atoms with Gasteiger partial charge in [-0.15, -0.1) is 0 Å². The number of amides is 1. The number of carbonyl (C=O) groups excluding carboxylic acids is 1. The Hall–Kier alpha value is -2.69. The Kier molecular flexibility index (Phi) is 4.66. The molecule has 0 aliphatic heterocycles. The molecule has 0 atom stereocenters. The van der Waals surface area contributed by atoms with E-state index in [1.165, 1.54) is 0 Å². The van der Waals surface area contributed by atoms with E-state index in [2.05, 4.69) is 5.32 Å². The van der Waals surface area contributed by atoms with Gasteiger partial charge in [-0.3, -0.25) is 4.79 Å². The minimum Gasteiger partial charge on any atom is -0.497 e. The summed E-state index contributed by atoms with van der Waals surface area (Å²) in [6.07, 6.45) is 0. The average molecular weight is 286 g/mol. The van der Waals surface area contributed by atoms with Crippen LogP contribution in [0.1, 0.15) is 15.9 Å². The number of hydrogen-bond donors (Lipinski definition) is 2. The molecule has 110 valence electrons. The number of benzene rings is 2. The first kappa shape index (κ1) is 14.7. The molecule has 0 fully saturated rings. The van der Waals surface area contributed by atoms with Crippen molar-refractivity contribution in [3.63, 3.8) is 0 Å². The largest absolute Gasteiger partial charge is 0.497 e. The van der Waals surface area contributed by atoms with Crippen molar-refractivity contribution in [1.29, 1.82) is 0 Å². The molecular formula is C16H18N2O3. The van der Waals surface area contributed by atoms with Crippen LogP contribution in [0.2, 0.25) is 0 Å². The average Bonchev–Trinajstić information content (AvgIpc) is 2.52. The molecule has 0 saturated carbocycles. The van der Waals surface area contributed by atoms with E-state index in [-0.39, 0.29) is 5.91 Å². The Labute approximate surface area is 123 Å². The minimum atomic E-state index is -0.224. The first-order valence-corrected chi connectivity index (χ1v) is 6.48. The van der Waals surface area contributed by atoms with Crippen molar-refractivity contribution in [2.45, 2.75) is 6.54 Å². The first-order chi connectivity index (χ1) is 10.1. The molecule has 5 nitrogen and oxygen atoms in total. The van der Waals surface area contributed by atoms with Crippen LogP contribution in [-0.4, -0.2) is 20.1 Å². The summed E-state index contributed by atoms with van der Waals surface area (Å²) in [5.41, 5.74) is 7.62. The van der Waals surface area contributed by atoms with Gasteiger partial charge in [0.05, 0.1) is 19.8 Å². The third kappa shape index (κ3) is 3.66. The van der Waals surface area contributed by atoms with Crippen molar-refractivity contribution in [2.75, 3.05) is 20.0 Å². The van der Waals surface area contributed by atoms with E-state index in [4.69, 9.17) is 15.2 Å². The Morgan fingerprint density at radius 1 is 1.10 bits per heavy atom. The number of nitrogens with one attached hydrogen (secondary N) is 1. The predicted molar refractivity (Wildman–Crippen MR) is 81.6 cm³/mol. The Morgan fingerprint density at radius 3 is 2.48 bits per heavy atom. The van der Waals surface area contributed by atoms with Gasteiger partial charge in [0.1, 0.15) is 11.5 Å². The summed E-state index contributed by atoms with van der Waals surface area (Å²) in [5, 5.41) is 2.83. The number of nitrogen functional groups attached to an aromatic ring is 1. The molecule has 21 heavy (non-hydrogen) atoms. The topological polar surface area (TPSA) is 73.6 Å². The summed E-state index contributed by atoms with van der Waals surface area (Å²) < 4.78 is 10.2. The second-order valence-corrected chi connectivity index (χ2v) is 4.49. The maximum atomic E-state index is 12.1. The van der Waals surface area contributed by atoms with Crippen LogP contribution in [0, 0.1) is 0 Å². The molecule has 0 radical (unpaired) electrons. The quantitative estimate of drug-likeness (QED) is 0.827. The molecule has 0 aliphatic rings. The van der Waals surface area contributed by atoms with Crippen LogP contribution in [0.15, 0.2) is 42.5 Å². The second kappa shape index (κ2) is 6.65. The van der Waals surface area contributed by atoms with Crippen molar-refractivity contribution >= 4 is 11.6 Å². The van der Waals surface area contributed by atoms with Gasteiger partial charge in [-0.25, -0.2) is 0 Å². The van der Waals surface area contributed by atoms with Crippen LogP contribution in [0.3, 0.4) is 0 Å². The van der Waals surface area contributed by atoms with Crippen LogP contribution < -0.4 is 20.5 Å². The molecule has 2 aromatic rings. The van der Waals surface area contributed by atoms with Crippen LogP contribution in [0.4, 0.5) is 5.69 Å². The summed E-state index contributed by atoms with van der Waals surface area (Å²) in [5.74, 6) is 1.15. The fraction of sp³-hybridized carbons (Fsp3) is 0.188. The number of ether oxygens (including phenoxy) is 2. The van der Waals surface area contributed by atoms with Gasteiger partial charge in [-0.1, -0.05) is 12.1 Å². The zero-order chi connectivity index (χ0) is 15.2. The zero-order valence-electron chi connectivity index (χ0n) is 12.1. The van der Waals surface area contributed by atoms with Gasteiger partial charge in [0.25, 0.3) is 5.91 Å². The molecule has 0 spiro atoms. The maximum absolute atomic E-state index is 12.1. The lowest BCUT2D eigenvalue weighted by molar-refractivity contribution is 0.0951. The third-order valence-corrected chi connectivity index (χ3v) is 3.09. The van der Waals surface area contributed by atoms with E-state index < -0.39 is 0 Å². The van der Waals surface area contributed by atoms with Gasteiger partial charge in [0, 0.05) is 18.3 Å². The second-order valence-electron chi connectivity index (χ2n) is 4.49. The molecule has 0 heterocycles. The monoisotopic (exact) mass is 286 g/mol. The minimum absolute atomic E-state index is 0.224. The van der Waals surface area contributed by atoms with Crippen molar-refractivity contribution in [2.24, 2.45) is 0 Å². The normalized spacial score (nSPS) is 10.0. The fourth-order valence-corrected chi connectivity index (χ4v) is 1.93. The number of rotatable bonds is 5. The molecule has 5 heteroatoms. The highest BCUT2D eigenvalue weighted by Gasteiger charge is 2.10. The van der Waals surface area contributed by atoms with Gasteiger partial charge in [-0.05, 0) is 29.8 Å².